The van der Waals surface area contributed by atoms with Gasteiger partial charge in [0.05, 0.1) is 26.4 Å². The fourth-order valence-corrected chi connectivity index (χ4v) is 12.0. The van der Waals surface area contributed by atoms with Crippen LogP contribution in [0.1, 0.15) is 323 Å². The molecule has 586 valence electrons. The van der Waals surface area contributed by atoms with Gasteiger partial charge in [0.15, 0.2) is 12.2 Å². The molecule has 102 heavy (non-hydrogen) atoms. The second-order valence-electron chi connectivity index (χ2n) is 26.2. The molecule has 0 bridgehead atoms. The van der Waals surface area contributed by atoms with E-state index < -0.39 is 97.5 Å². The molecule has 0 aliphatic rings. The summed E-state index contributed by atoms with van der Waals surface area (Å²) < 4.78 is 68.5. The van der Waals surface area contributed by atoms with Crippen molar-refractivity contribution >= 4 is 39.5 Å². The normalized spacial score (nSPS) is 14.5. The molecule has 0 saturated heterocycles. The van der Waals surface area contributed by atoms with Crippen molar-refractivity contribution < 1.29 is 80.2 Å². The van der Waals surface area contributed by atoms with Crippen LogP contribution in [0.25, 0.3) is 0 Å². The number of carbonyl (C=O) groups is 4. The molecule has 5 unspecified atom stereocenters. The van der Waals surface area contributed by atoms with Crippen LogP contribution in [-0.2, 0) is 65.4 Å². The smallest absolute Gasteiger partial charge is 0.462 e. The number of rotatable bonds is 74. The number of aliphatic hydroxyl groups excluding tert-OH is 1. The van der Waals surface area contributed by atoms with Gasteiger partial charge in [-0.05, 0) is 135 Å². The molecule has 0 heterocycles. The summed E-state index contributed by atoms with van der Waals surface area (Å²) in [5.74, 6) is -2.23. The Hall–Kier alpha value is -4.54. The maximum atomic E-state index is 13.1. The van der Waals surface area contributed by atoms with E-state index >= 15 is 0 Å². The predicted octanol–water partition coefficient (Wildman–Crippen LogP) is 23.1. The lowest BCUT2D eigenvalue weighted by molar-refractivity contribution is -0.161. The number of hydrogen-bond acceptors (Lipinski definition) is 15. The third-order valence-electron chi connectivity index (χ3n) is 16.4. The first-order chi connectivity index (χ1) is 49.7. The third-order valence-corrected chi connectivity index (χ3v) is 18.3. The topological polar surface area (TPSA) is 237 Å². The number of hydrogen-bond donors (Lipinski definition) is 3. The zero-order valence-electron chi connectivity index (χ0n) is 64.0. The molecule has 5 atom stereocenters. The van der Waals surface area contributed by atoms with Crippen LogP contribution in [0.5, 0.6) is 0 Å². The molecule has 3 N–H and O–H groups in total. The van der Waals surface area contributed by atoms with Crippen molar-refractivity contribution in [3.8, 4) is 0 Å². The average Bonchev–Trinajstić information content (AvgIpc) is 0.927. The summed E-state index contributed by atoms with van der Waals surface area (Å²) >= 11 is 0. The van der Waals surface area contributed by atoms with Crippen LogP contribution in [0, 0.1) is 0 Å². The van der Waals surface area contributed by atoms with Crippen LogP contribution in [0.15, 0.2) is 122 Å². The van der Waals surface area contributed by atoms with Gasteiger partial charge in [0.2, 0.25) is 0 Å². The van der Waals surface area contributed by atoms with Crippen LogP contribution in [0.2, 0.25) is 0 Å². The van der Waals surface area contributed by atoms with Gasteiger partial charge in [-0.25, -0.2) is 9.13 Å². The van der Waals surface area contributed by atoms with E-state index in [9.17, 15) is 43.2 Å². The second kappa shape index (κ2) is 74.7. The Kier molecular flexibility index (Phi) is 71.4. The van der Waals surface area contributed by atoms with Gasteiger partial charge < -0.3 is 33.8 Å². The molecule has 0 aromatic rings. The number of phosphoric ester groups is 2. The SMILES string of the molecule is CC/C=C\C/C=C\C/C=C\C/C=C\CCCCCCC(=O)OC(COC(=O)CCCCCCCC/C=C\C/C=C\C/C=C\CCCCC)COP(=O)(O)OCC(O)COP(=O)(O)OCC(COC(=O)CCCCCCC/C=C\C/C=C\C/C=C\CC)OC(=O)CCCCCCCCCCCCC. The molecule has 0 spiro atoms. The van der Waals surface area contributed by atoms with Crippen molar-refractivity contribution in [2.24, 2.45) is 0 Å². The van der Waals surface area contributed by atoms with Crippen LogP contribution >= 0.6 is 15.6 Å². The van der Waals surface area contributed by atoms with Crippen molar-refractivity contribution in [2.75, 3.05) is 39.6 Å². The van der Waals surface area contributed by atoms with Crippen LogP contribution in [0.3, 0.4) is 0 Å². The Morgan fingerprint density at radius 3 is 0.804 bits per heavy atom. The number of carbonyl (C=O) groups excluding carboxylic acids is 4. The first-order valence-electron chi connectivity index (χ1n) is 39.8. The summed E-state index contributed by atoms with van der Waals surface area (Å²) in [6, 6.07) is 0. The van der Waals surface area contributed by atoms with Crippen molar-refractivity contribution in [2.45, 2.75) is 341 Å². The van der Waals surface area contributed by atoms with E-state index in [0.717, 1.165) is 186 Å². The summed E-state index contributed by atoms with van der Waals surface area (Å²) in [6.45, 7) is 4.57. The van der Waals surface area contributed by atoms with E-state index in [4.69, 9.17) is 37.0 Å². The monoisotopic (exact) mass is 1470 g/mol. The van der Waals surface area contributed by atoms with Gasteiger partial charge in [0, 0.05) is 25.7 Å². The van der Waals surface area contributed by atoms with Gasteiger partial charge in [0.25, 0.3) is 0 Å². The molecule has 0 radical (unpaired) electrons. The number of esters is 4. The number of aliphatic hydroxyl groups is 1. The molecule has 0 saturated carbocycles. The van der Waals surface area contributed by atoms with Gasteiger partial charge in [-0.15, -0.1) is 0 Å². The van der Waals surface area contributed by atoms with Gasteiger partial charge in [-0.2, -0.15) is 0 Å². The molecule has 0 aliphatic heterocycles. The Morgan fingerprint density at radius 2 is 0.510 bits per heavy atom. The van der Waals surface area contributed by atoms with E-state index in [1.807, 2.05) is 0 Å². The Bertz CT molecular complexity index is 2410. The van der Waals surface area contributed by atoms with Gasteiger partial charge >= 0.3 is 39.5 Å². The summed E-state index contributed by atoms with van der Waals surface area (Å²) in [4.78, 5) is 73.0. The van der Waals surface area contributed by atoms with Crippen LogP contribution < -0.4 is 0 Å². The zero-order valence-corrected chi connectivity index (χ0v) is 65.8. The highest BCUT2D eigenvalue weighted by Crippen LogP contribution is 2.45. The summed E-state index contributed by atoms with van der Waals surface area (Å²) in [7, 11) is -9.97. The molecule has 0 aromatic carbocycles. The minimum Gasteiger partial charge on any atom is -0.462 e. The van der Waals surface area contributed by atoms with Gasteiger partial charge in [-0.1, -0.05) is 284 Å². The van der Waals surface area contributed by atoms with Crippen molar-refractivity contribution in [3.05, 3.63) is 122 Å². The molecule has 0 aliphatic carbocycles. The lowest BCUT2D eigenvalue weighted by Gasteiger charge is -2.21. The molecule has 0 amide bonds. The Labute approximate surface area is 619 Å². The molecule has 17 nitrogen and oxygen atoms in total. The molecular weight excluding hydrogens is 1330 g/mol. The lowest BCUT2D eigenvalue weighted by Crippen LogP contribution is -2.30. The van der Waals surface area contributed by atoms with Crippen LogP contribution in [-0.4, -0.2) is 96.7 Å². The first kappa shape index (κ1) is 97.5. The molecule has 0 aromatic heterocycles. The van der Waals surface area contributed by atoms with E-state index in [0.29, 0.717) is 25.7 Å². The Balaban J connectivity index is 5.37. The minimum absolute atomic E-state index is 0.0618. The highest BCUT2D eigenvalue weighted by Gasteiger charge is 2.30. The highest BCUT2D eigenvalue weighted by molar-refractivity contribution is 7.47. The summed E-state index contributed by atoms with van der Waals surface area (Å²) in [6.07, 6.45) is 81.8. The van der Waals surface area contributed by atoms with E-state index in [-0.39, 0.29) is 25.7 Å². The molecule has 0 fully saturated rings. The fraction of sp³-hybridized carbons (Fsp3) is 0.711. The number of allylic oxidation sites excluding steroid dienone is 20. The maximum Gasteiger partial charge on any atom is 0.472 e. The molecule has 0 rings (SSSR count). The zero-order chi connectivity index (χ0) is 74.6. The van der Waals surface area contributed by atoms with Gasteiger partial charge in [-0.3, -0.25) is 37.3 Å². The van der Waals surface area contributed by atoms with E-state index in [1.54, 1.807) is 0 Å². The number of ether oxygens (including phenoxy) is 4. The van der Waals surface area contributed by atoms with Crippen molar-refractivity contribution in [1.82, 2.24) is 0 Å². The number of phosphoric acid groups is 2. The fourth-order valence-electron chi connectivity index (χ4n) is 10.4. The van der Waals surface area contributed by atoms with Crippen molar-refractivity contribution in [1.29, 1.82) is 0 Å². The average molecular weight is 1470 g/mol. The van der Waals surface area contributed by atoms with E-state index in [2.05, 4.69) is 149 Å². The van der Waals surface area contributed by atoms with Crippen LogP contribution in [0.4, 0.5) is 0 Å². The van der Waals surface area contributed by atoms with Crippen molar-refractivity contribution in [3.63, 3.8) is 0 Å². The number of unbranched alkanes of at least 4 members (excludes halogenated alkanes) is 28. The maximum absolute atomic E-state index is 13.1. The van der Waals surface area contributed by atoms with E-state index in [1.165, 1.54) is 57.8 Å². The van der Waals surface area contributed by atoms with Gasteiger partial charge in [0.1, 0.15) is 19.3 Å². The largest absolute Gasteiger partial charge is 0.472 e. The quantitative estimate of drug-likeness (QED) is 0.0169. The summed E-state index contributed by atoms with van der Waals surface area (Å²) in [5, 5.41) is 10.6. The predicted molar refractivity (Wildman–Crippen MR) is 418 cm³/mol. The minimum atomic E-state index is -4.99. The lowest BCUT2D eigenvalue weighted by atomic mass is 10.1. The highest BCUT2D eigenvalue weighted by atomic mass is 31.2. The molecule has 19 heteroatoms. The summed E-state index contributed by atoms with van der Waals surface area (Å²) in [5.41, 5.74) is 0. The Morgan fingerprint density at radius 1 is 0.284 bits per heavy atom. The second-order valence-corrected chi connectivity index (χ2v) is 29.2. The third kappa shape index (κ3) is 73.8. The standard InChI is InChI=1S/C83H142O17P2/c1-5-9-13-17-21-25-29-32-35-37-38-40-42-45-49-52-56-60-64-68-81(86)94-74-79(100-83(88)70-66-62-58-54-50-46-43-39-36-33-30-26-22-18-14-10-6-2)76-98-102(91,92)96-72-77(84)71-95-101(89,90)97-75-78(99-82(87)69-65-61-57-53-47-28-24-20-16-12-8-4)73-93-80(85)67-63-59-55-51-48-44-41-34-31-27-23-19-15-11-7-3/h10-11,14-15,21-23,25-27,32-36,38,40-41,43,46,77-79,84H,5-9,12-13,16-20,24,28-31,37,39,42,44-45,47-76H2,1-4H3,(H,89,90)(H,91,92)/b14-10-,15-11-,25-21-,26-22-,27-23-,35-32-,36-33-,40-38-,41-34-,46-43-. The molecular formula is C83H142O17P2. The first-order valence-corrected chi connectivity index (χ1v) is 42.8.